The zero-order valence-electron chi connectivity index (χ0n) is 34.3. The SMILES string of the molecule is CC(C)[C@@H](C)[C@H]1O[C@H]1[C@]1(O)CC=C[C@H]2C[C@@H]3C(=CC(=O)[C@@]4(CO)C[C@@H](O)[C@@H](O)C[C@]34C)[C@@]3(O)CC[C@H]1[C@@]23CCc1cc(O)cc(N2CCC3(CCCCC3)C2=O)c1. The molecule has 2 heterocycles. The maximum absolute atomic E-state index is 14.5. The van der Waals surface area contributed by atoms with Gasteiger partial charge in [-0.15, -0.1) is 0 Å². The molecule has 9 rings (SSSR count). The van der Waals surface area contributed by atoms with Crippen LogP contribution in [0.1, 0.15) is 117 Å². The molecule has 2 saturated heterocycles. The van der Waals surface area contributed by atoms with Crippen LogP contribution in [-0.4, -0.2) is 91.1 Å². The number of aromatic hydroxyl groups is 1. The van der Waals surface area contributed by atoms with E-state index in [1.807, 2.05) is 17.9 Å². The summed E-state index contributed by atoms with van der Waals surface area (Å²) in [5.41, 5.74) is -4.11. The molecule has 10 nitrogen and oxygen atoms in total. The monoisotopic (exact) mass is 787 g/mol. The number of ether oxygens (including phenoxy) is 1. The molecular weight excluding hydrogens is 723 g/mol. The predicted molar refractivity (Wildman–Crippen MR) is 214 cm³/mol. The summed E-state index contributed by atoms with van der Waals surface area (Å²) < 4.78 is 6.43. The van der Waals surface area contributed by atoms with Crippen molar-refractivity contribution in [2.24, 2.45) is 51.2 Å². The van der Waals surface area contributed by atoms with Crippen LogP contribution in [0, 0.1) is 51.2 Å². The van der Waals surface area contributed by atoms with Crippen LogP contribution in [0.2, 0.25) is 0 Å². The maximum atomic E-state index is 14.5. The predicted octanol–water partition coefficient (Wildman–Crippen LogP) is 5.54. The van der Waals surface area contributed by atoms with Crippen LogP contribution in [0.4, 0.5) is 5.69 Å². The summed E-state index contributed by atoms with van der Waals surface area (Å²) in [4.78, 5) is 30.3. The lowest BCUT2D eigenvalue weighted by molar-refractivity contribution is -0.203. The van der Waals surface area contributed by atoms with E-state index >= 15 is 0 Å². The number of aryl methyl sites for hydroxylation is 1. The van der Waals surface area contributed by atoms with Gasteiger partial charge in [0.25, 0.3) is 0 Å². The van der Waals surface area contributed by atoms with Crippen molar-refractivity contribution in [3.05, 3.63) is 47.6 Å². The quantitative estimate of drug-likeness (QED) is 0.146. The van der Waals surface area contributed by atoms with Crippen LogP contribution in [-0.2, 0) is 20.7 Å². The van der Waals surface area contributed by atoms with Gasteiger partial charge in [0, 0.05) is 29.6 Å². The molecule has 6 N–H and O–H groups in total. The van der Waals surface area contributed by atoms with E-state index in [0.29, 0.717) is 62.2 Å². The third-order valence-electron chi connectivity index (χ3n) is 18.1. The summed E-state index contributed by atoms with van der Waals surface area (Å²) in [6.07, 6.45) is 11.7. The Morgan fingerprint density at radius 1 is 0.965 bits per heavy atom. The second-order valence-corrected chi connectivity index (χ2v) is 20.7. The molecule has 312 valence electrons. The fourth-order valence-corrected chi connectivity index (χ4v) is 14.5. The van der Waals surface area contributed by atoms with Gasteiger partial charge in [-0.25, -0.2) is 0 Å². The number of fused-ring (bicyclic) bond motifs is 4. The first kappa shape index (κ1) is 39.8. The zero-order chi connectivity index (χ0) is 40.5. The maximum Gasteiger partial charge on any atom is 0.233 e. The smallest absolute Gasteiger partial charge is 0.233 e. The molecule has 6 fully saturated rings. The van der Waals surface area contributed by atoms with Crippen molar-refractivity contribution in [2.75, 3.05) is 18.1 Å². The van der Waals surface area contributed by atoms with Crippen molar-refractivity contribution in [3.63, 3.8) is 0 Å². The number of carbonyl (C=O) groups is 2. The fourth-order valence-electron chi connectivity index (χ4n) is 14.5. The van der Waals surface area contributed by atoms with Gasteiger partial charge in [0.05, 0.1) is 41.3 Å². The molecule has 0 bridgehead atoms. The second-order valence-electron chi connectivity index (χ2n) is 20.7. The van der Waals surface area contributed by atoms with Gasteiger partial charge in [0.2, 0.25) is 5.91 Å². The lowest BCUT2D eigenvalue weighted by atomic mass is 9.39. The van der Waals surface area contributed by atoms with E-state index < -0.39 is 52.4 Å². The Hall–Kier alpha value is -2.60. The van der Waals surface area contributed by atoms with E-state index in [1.165, 1.54) is 0 Å². The second kappa shape index (κ2) is 13.5. The molecule has 4 saturated carbocycles. The lowest BCUT2D eigenvalue weighted by Crippen LogP contribution is -2.69. The van der Waals surface area contributed by atoms with E-state index in [4.69, 9.17) is 4.74 Å². The highest BCUT2D eigenvalue weighted by Crippen LogP contribution is 2.75. The third kappa shape index (κ3) is 5.42. The van der Waals surface area contributed by atoms with Gasteiger partial charge in [-0.1, -0.05) is 59.1 Å². The van der Waals surface area contributed by atoms with E-state index in [-0.39, 0.29) is 65.5 Å². The van der Waals surface area contributed by atoms with E-state index in [2.05, 4.69) is 32.9 Å². The molecule has 2 aliphatic heterocycles. The molecular formula is C47H65NO9. The minimum atomic E-state index is -1.51. The Morgan fingerprint density at radius 2 is 1.70 bits per heavy atom. The lowest BCUT2D eigenvalue weighted by Gasteiger charge is -2.66. The normalized spacial score (nSPS) is 45.1. The van der Waals surface area contributed by atoms with Crippen LogP contribution in [0.15, 0.2) is 42.0 Å². The Bertz CT molecular complexity index is 1870. The number of epoxide rings is 1. The van der Waals surface area contributed by atoms with Crippen LogP contribution < -0.4 is 4.90 Å². The van der Waals surface area contributed by atoms with Crippen molar-refractivity contribution in [2.45, 2.75) is 153 Å². The van der Waals surface area contributed by atoms with Gasteiger partial charge in [-0.2, -0.15) is 0 Å². The molecule has 1 spiro atoms. The number of hydrogen-bond acceptors (Lipinski definition) is 9. The number of aliphatic hydroxyl groups is 5. The molecule has 0 unspecified atom stereocenters. The van der Waals surface area contributed by atoms with Crippen LogP contribution in [0.5, 0.6) is 5.75 Å². The highest BCUT2D eigenvalue weighted by atomic mass is 16.6. The topological polar surface area (TPSA) is 171 Å². The van der Waals surface area contributed by atoms with Crippen molar-refractivity contribution >= 4 is 17.4 Å². The summed E-state index contributed by atoms with van der Waals surface area (Å²) in [5.74, 6) is -0.505. The molecule has 10 heteroatoms. The summed E-state index contributed by atoms with van der Waals surface area (Å²) in [5, 5.41) is 71.0. The van der Waals surface area contributed by atoms with Crippen LogP contribution in [0.3, 0.4) is 0 Å². The summed E-state index contributed by atoms with van der Waals surface area (Å²) >= 11 is 0. The number of carbonyl (C=O) groups excluding carboxylic acids is 2. The molecule has 6 aliphatic carbocycles. The number of phenolic OH excluding ortho intramolecular Hbond substituents is 1. The Labute approximate surface area is 337 Å². The number of amides is 1. The molecule has 8 aliphatic rings. The fraction of sp³-hybridized carbons (Fsp3) is 0.745. The van der Waals surface area contributed by atoms with Gasteiger partial charge in [0.1, 0.15) is 17.5 Å². The Balaban J connectivity index is 1.13. The molecule has 1 aromatic rings. The standard InChI is InChI=1S/C47H65NO9/c1-27(2)28(3)39-40(57-39)46(55)14-8-9-30-21-33-34(23-38(53)44(26-49)25-36(52)35(51)24-42(33,44)4)47(56)16-11-37(46)45(30,47)15-10-29-19-31(22-32(50)20-29)48-18-17-43(41(48)54)12-6-5-7-13-43/h8-9,19-20,22-23,27-28,30,33,35-37,39-40,49-52,55-56H,5-7,10-18,21,24-26H2,1-4H3/t28-,30+,33-,35+,36-,37+,39-,40-,42-,44+,45-,46+,47+/m1/s1. The summed E-state index contributed by atoms with van der Waals surface area (Å²) in [6.45, 7) is 8.62. The summed E-state index contributed by atoms with van der Waals surface area (Å²) in [7, 11) is 0. The van der Waals surface area contributed by atoms with Gasteiger partial charge in [-0.3, -0.25) is 9.59 Å². The Morgan fingerprint density at radius 3 is 2.42 bits per heavy atom. The van der Waals surface area contributed by atoms with Gasteiger partial charge in [-0.05, 0) is 129 Å². The first-order valence-electron chi connectivity index (χ1n) is 22.2. The highest BCUT2D eigenvalue weighted by Gasteiger charge is 2.77. The van der Waals surface area contributed by atoms with E-state index in [0.717, 1.165) is 44.1 Å². The highest BCUT2D eigenvalue weighted by molar-refractivity contribution is 6.00. The first-order chi connectivity index (χ1) is 27.0. The largest absolute Gasteiger partial charge is 0.508 e. The number of anilines is 1. The number of allylic oxidation sites excluding steroid dienone is 2. The molecule has 1 aromatic carbocycles. The average molecular weight is 788 g/mol. The number of hydrogen-bond donors (Lipinski definition) is 6. The minimum Gasteiger partial charge on any atom is -0.508 e. The molecule has 0 aromatic heterocycles. The van der Waals surface area contributed by atoms with E-state index in [9.17, 15) is 40.2 Å². The van der Waals surface area contributed by atoms with Crippen molar-refractivity contribution in [1.29, 1.82) is 0 Å². The Kier molecular flexibility index (Phi) is 9.40. The van der Waals surface area contributed by atoms with E-state index in [1.54, 1.807) is 18.2 Å². The number of nitrogens with zero attached hydrogens (tertiary/aromatic N) is 1. The van der Waals surface area contributed by atoms with Gasteiger partial charge < -0.3 is 40.3 Å². The molecule has 13 atom stereocenters. The number of aliphatic hydroxyl groups excluding tert-OH is 3. The van der Waals surface area contributed by atoms with Crippen molar-refractivity contribution < 1.29 is 45.0 Å². The molecule has 0 radical (unpaired) electrons. The van der Waals surface area contributed by atoms with Crippen molar-refractivity contribution in [1.82, 2.24) is 0 Å². The number of phenols is 1. The zero-order valence-corrected chi connectivity index (χ0v) is 34.3. The third-order valence-corrected chi connectivity index (χ3v) is 18.1. The molecule has 1 amide bonds. The molecule has 57 heavy (non-hydrogen) atoms. The van der Waals surface area contributed by atoms with Crippen LogP contribution in [0.25, 0.3) is 0 Å². The minimum absolute atomic E-state index is 0.0539. The number of rotatable bonds is 8. The average Bonchev–Trinajstić information content (AvgIpc) is 3.87. The van der Waals surface area contributed by atoms with Gasteiger partial charge in [0.15, 0.2) is 5.78 Å². The van der Waals surface area contributed by atoms with Crippen molar-refractivity contribution in [3.8, 4) is 5.75 Å². The first-order valence-corrected chi connectivity index (χ1v) is 22.2. The van der Waals surface area contributed by atoms with Crippen LogP contribution >= 0.6 is 0 Å². The number of benzene rings is 1. The number of ketones is 1. The summed E-state index contributed by atoms with van der Waals surface area (Å²) in [6, 6.07) is 5.45. The van der Waals surface area contributed by atoms with Gasteiger partial charge >= 0.3 is 0 Å².